The van der Waals surface area contributed by atoms with Gasteiger partial charge in [0.15, 0.2) is 6.61 Å². The number of hydrogen-bond donors (Lipinski definition) is 2. The van der Waals surface area contributed by atoms with Gasteiger partial charge in [0.1, 0.15) is 11.5 Å². The van der Waals surface area contributed by atoms with Crippen molar-refractivity contribution in [1.29, 1.82) is 0 Å². The van der Waals surface area contributed by atoms with Crippen molar-refractivity contribution < 1.29 is 27.5 Å². The van der Waals surface area contributed by atoms with E-state index in [-0.39, 0.29) is 36.2 Å². The quantitative estimate of drug-likeness (QED) is 0.573. The number of nitrogens with zero attached hydrogens (tertiary/aromatic N) is 4. The molecule has 1 saturated heterocycles. The summed E-state index contributed by atoms with van der Waals surface area (Å²) in [5.41, 5.74) is 0.249. The van der Waals surface area contributed by atoms with E-state index in [4.69, 9.17) is 4.74 Å². The van der Waals surface area contributed by atoms with Crippen molar-refractivity contribution in [3.8, 4) is 5.88 Å². The topological polar surface area (TPSA) is 99.7 Å². The minimum atomic E-state index is -4.42. The Kier molecular flexibility index (Phi) is 7.41. The molecule has 0 unspecified atom stereocenters. The van der Waals surface area contributed by atoms with Gasteiger partial charge in [-0.05, 0) is 48.9 Å². The average molecular weight is 547 g/mol. The number of carbonyl (C=O) groups excluding carboxylic acids is 2. The van der Waals surface area contributed by atoms with Gasteiger partial charge in [-0.3, -0.25) is 9.59 Å². The lowest BCUT2D eigenvalue weighted by atomic mass is 9.74. The number of fused-ring (bicyclic) bond motifs is 1. The zero-order valence-electron chi connectivity index (χ0n) is 22.1. The van der Waals surface area contributed by atoms with Crippen LogP contribution in [0.25, 0.3) is 0 Å². The highest BCUT2D eigenvalue weighted by Crippen LogP contribution is 2.46. The first-order valence-corrected chi connectivity index (χ1v) is 13.3. The molecule has 2 amide bonds. The van der Waals surface area contributed by atoms with Crippen LogP contribution in [-0.2, 0) is 22.3 Å². The Hall–Kier alpha value is -3.41. The van der Waals surface area contributed by atoms with Gasteiger partial charge in [0, 0.05) is 51.2 Å². The van der Waals surface area contributed by atoms with E-state index in [9.17, 15) is 22.8 Å². The molecule has 0 radical (unpaired) electrons. The summed E-state index contributed by atoms with van der Waals surface area (Å²) in [7, 11) is 0. The SMILES string of the molecule is CC(C)[C@]1(C(=O)N2CCN(c3cc(C(F)(F)F)ccn3)CC2)CC[C@@H](NCc2cnc3c(c2)NC(=O)CO3)C1. The molecule has 2 fully saturated rings. The van der Waals surface area contributed by atoms with Gasteiger partial charge < -0.3 is 25.2 Å². The van der Waals surface area contributed by atoms with E-state index in [1.807, 2.05) is 11.0 Å². The highest BCUT2D eigenvalue weighted by Gasteiger charge is 2.49. The number of amides is 2. The first kappa shape index (κ1) is 27.2. The molecule has 0 aromatic carbocycles. The third-order valence-corrected chi connectivity index (χ3v) is 8.16. The van der Waals surface area contributed by atoms with Crippen molar-refractivity contribution in [2.75, 3.05) is 43.0 Å². The van der Waals surface area contributed by atoms with Gasteiger partial charge in [0.05, 0.1) is 11.0 Å². The zero-order valence-corrected chi connectivity index (χ0v) is 22.1. The van der Waals surface area contributed by atoms with E-state index >= 15 is 0 Å². The van der Waals surface area contributed by atoms with E-state index in [1.165, 1.54) is 6.20 Å². The fourth-order valence-electron chi connectivity index (χ4n) is 5.82. The Labute approximate surface area is 225 Å². The molecule has 39 heavy (non-hydrogen) atoms. The van der Waals surface area contributed by atoms with Crippen LogP contribution in [0.15, 0.2) is 30.6 Å². The molecule has 2 N–H and O–H groups in total. The van der Waals surface area contributed by atoms with Gasteiger partial charge in [-0.2, -0.15) is 13.2 Å². The number of ether oxygens (including phenoxy) is 1. The average Bonchev–Trinajstić information content (AvgIpc) is 3.37. The predicted molar refractivity (Wildman–Crippen MR) is 138 cm³/mol. The Morgan fingerprint density at radius 3 is 2.72 bits per heavy atom. The van der Waals surface area contributed by atoms with Crippen LogP contribution >= 0.6 is 0 Å². The monoisotopic (exact) mass is 546 g/mol. The maximum atomic E-state index is 13.9. The van der Waals surface area contributed by atoms with Crippen molar-refractivity contribution in [3.63, 3.8) is 0 Å². The summed E-state index contributed by atoms with van der Waals surface area (Å²) in [5.74, 6) is 0.736. The zero-order chi connectivity index (χ0) is 27.8. The summed E-state index contributed by atoms with van der Waals surface area (Å²) in [6.45, 7) is 6.42. The van der Waals surface area contributed by atoms with E-state index in [0.717, 1.165) is 30.5 Å². The smallest absolute Gasteiger partial charge is 0.416 e. The lowest BCUT2D eigenvalue weighted by molar-refractivity contribution is -0.145. The first-order valence-electron chi connectivity index (χ1n) is 13.3. The van der Waals surface area contributed by atoms with Crippen molar-refractivity contribution in [2.24, 2.45) is 11.3 Å². The lowest BCUT2D eigenvalue weighted by Crippen LogP contribution is -2.54. The second-order valence-electron chi connectivity index (χ2n) is 10.8. The second kappa shape index (κ2) is 10.6. The molecule has 12 heteroatoms. The minimum Gasteiger partial charge on any atom is -0.466 e. The molecule has 2 aliphatic heterocycles. The Morgan fingerprint density at radius 1 is 1.23 bits per heavy atom. The molecule has 1 aliphatic carbocycles. The van der Waals surface area contributed by atoms with Crippen LogP contribution in [0.5, 0.6) is 5.88 Å². The molecule has 3 aliphatic rings. The number of pyridine rings is 2. The van der Waals surface area contributed by atoms with Crippen LogP contribution in [0.1, 0.15) is 44.2 Å². The molecule has 210 valence electrons. The lowest BCUT2D eigenvalue weighted by Gasteiger charge is -2.42. The van der Waals surface area contributed by atoms with Crippen LogP contribution in [0.2, 0.25) is 0 Å². The summed E-state index contributed by atoms with van der Waals surface area (Å²) in [4.78, 5) is 37.6. The third kappa shape index (κ3) is 5.66. The van der Waals surface area contributed by atoms with E-state index in [2.05, 4.69) is 34.4 Å². The van der Waals surface area contributed by atoms with Crippen molar-refractivity contribution in [1.82, 2.24) is 20.2 Å². The Morgan fingerprint density at radius 2 is 2.00 bits per heavy atom. The molecule has 1 saturated carbocycles. The van der Waals surface area contributed by atoms with Gasteiger partial charge >= 0.3 is 6.18 Å². The standard InChI is InChI=1S/C27H33F3N6O3/c1-17(2)26(5-3-20(13-26)32-14-18-11-21-24(33-15-18)39-16-23(37)34-21)25(38)36-9-7-35(8-10-36)22-12-19(4-6-31-22)27(28,29)30/h4,6,11-12,15,17,20,32H,3,5,7-10,13-14,16H2,1-2H3,(H,34,37)/t20-,26+/m1/s1. The maximum absolute atomic E-state index is 13.9. The number of aromatic nitrogens is 2. The van der Waals surface area contributed by atoms with Crippen LogP contribution in [0, 0.1) is 11.3 Å². The molecule has 9 nitrogen and oxygen atoms in total. The molecule has 5 rings (SSSR count). The normalized spacial score (nSPS) is 23.4. The first-order chi connectivity index (χ1) is 18.5. The fourth-order valence-corrected chi connectivity index (χ4v) is 5.82. The van der Waals surface area contributed by atoms with Gasteiger partial charge in [0.25, 0.3) is 5.91 Å². The van der Waals surface area contributed by atoms with Crippen molar-refractivity contribution in [2.45, 2.75) is 51.9 Å². The fraction of sp³-hybridized carbons (Fsp3) is 0.556. The van der Waals surface area contributed by atoms with Crippen LogP contribution in [-0.4, -0.2) is 65.5 Å². The molecule has 2 aromatic rings. The van der Waals surface area contributed by atoms with Gasteiger partial charge in [-0.1, -0.05) is 13.8 Å². The number of alkyl halides is 3. The predicted octanol–water partition coefficient (Wildman–Crippen LogP) is 3.46. The second-order valence-corrected chi connectivity index (χ2v) is 10.8. The van der Waals surface area contributed by atoms with Crippen LogP contribution in [0.4, 0.5) is 24.7 Å². The van der Waals surface area contributed by atoms with Gasteiger partial charge in [-0.15, -0.1) is 0 Å². The van der Waals surface area contributed by atoms with E-state index in [0.29, 0.717) is 50.7 Å². The maximum Gasteiger partial charge on any atom is 0.416 e. The van der Waals surface area contributed by atoms with E-state index in [1.54, 1.807) is 11.1 Å². The van der Waals surface area contributed by atoms with Crippen LogP contribution in [0.3, 0.4) is 0 Å². The molecule has 2 atom stereocenters. The molecule has 2 aromatic heterocycles. The summed E-state index contributed by atoms with van der Waals surface area (Å²) in [5, 5.41) is 6.33. The highest BCUT2D eigenvalue weighted by atomic mass is 19.4. The summed E-state index contributed by atoms with van der Waals surface area (Å²) in [6.07, 6.45) is 0.806. The highest BCUT2D eigenvalue weighted by molar-refractivity contribution is 5.94. The molecule has 0 spiro atoms. The van der Waals surface area contributed by atoms with E-state index < -0.39 is 17.2 Å². The molecular formula is C27H33F3N6O3. The van der Waals surface area contributed by atoms with Crippen molar-refractivity contribution >= 4 is 23.3 Å². The number of piperazine rings is 1. The number of hydrogen-bond acceptors (Lipinski definition) is 7. The number of carbonyl (C=O) groups is 2. The van der Waals surface area contributed by atoms with Gasteiger partial charge in [-0.25, -0.2) is 9.97 Å². The molecule has 0 bridgehead atoms. The largest absolute Gasteiger partial charge is 0.466 e. The number of nitrogens with one attached hydrogen (secondary N) is 2. The van der Waals surface area contributed by atoms with Crippen LogP contribution < -0.4 is 20.3 Å². The number of rotatable bonds is 6. The Bertz CT molecular complexity index is 1230. The Balaban J connectivity index is 1.19. The molecular weight excluding hydrogens is 513 g/mol. The third-order valence-electron chi connectivity index (χ3n) is 8.16. The summed E-state index contributed by atoms with van der Waals surface area (Å²) >= 11 is 0. The minimum absolute atomic E-state index is 0.0395. The molecule has 4 heterocycles. The van der Waals surface area contributed by atoms with Crippen molar-refractivity contribution in [3.05, 3.63) is 41.7 Å². The number of halogens is 3. The summed E-state index contributed by atoms with van der Waals surface area (Å²) < 4.78 is 44.7. The van der Waals surface area contributed by atoms with Gasteiger partial charge in [0.2, 0.25) is 11.8 Å². The summed E-state index contributed by atoms with van der Waals surface area (Å²) in [6, 6.07) is 4.03. The number of anilines is 2.